The fourth-order valence-corrected chi connectivity index (χ4v) is 2.54. The SMILES string of the molecule is COCCC(=O)OCC1CC2C=CC1C2. The molecule has 0 aromatic carbocycles. The number of rotatable bonds is 5. The lowest BCUT2D eigenvalue weighted by molar-refractivity contribution is -0.146. The Balaban J connectivity index is 1.66. The van der Waals surface area contributed by atoms with Gasteiger partial charge in [-0.05, 0) is 30.6 Å². The number of hydrogen-bond acceptors (Lipinski definition) is 3. The first-order chi connectivity index (χ1) is 7.29. The van der Waals surface area contributed by atoms with E-state index >= 15 is 0 Å². The Morgan fingerprint density at radius 3 is 2.87 bits per heavy atom. The van der Waals surface area contributed by atoms with Crippen LogP contribution >= 0.6 is 0 Å². The summed E-state index contributed by atoms with van der Waals surface area (Å²) in [6.45, 7) is 1.05. The van der Waals surface area contributed by atoms with Gasteiger partial charge in [0, 0.05) is 7.11 Å². The molecule has 84 valence electrons. The van der Waals surface area contributed by atoms with Crippen LogP contribution in [0.15, 0.2) is 12.2 Å². The second-order valence-electron chi connectivity index (χ2n) is 4.47. The Kier molecular flexibility index (Phi) is 3.41. The van der Waals surface area contributed by atoms with Crippen molar-refractivity contribution in [1.29, 1.82) is 0 Å². The summed E-state index contributed by atoms with van der Waals surface area (Å²) in [5.74, 6) is 1.83. The summed E-state index contributed by atoms with van der Waals surface area (Å²) in [7, 11) is 1.59. The first kappa shape index (κ1) is 10.7. The van der Waals surface area contributed by atoms with Crippen LogP contribution in [0.4, 0.5) is 0 Å². The van der Waals surface area contributed by atoms with Crippen molar-refractivity contribution in [2.75, 3.05) is 20.3 Å². The van der Waals surface area contributed by atoms with Crippen molar-refractivity contribution in [1.82, 2.24) is 0 Å². The van der Waals surface area contributed by atoms with Crippen molar-refractivity contribution in [3.63, 3.8) is 0 Å². The predicted octanol–water partition coefficient (Wildman–Crippen LogP) is 1.78. The van der Waals surface area contributed by atoms with Gasteiger partial charge in [-0.1, -0.05) is 12.2 Å². The van der Waals surface area contributed by atoms with Crippen molar-refractivity contribution in [2.45, 2.75) is 19.3 Å². The van der Waals surface area contributed by atoms with Crippen molar-refractivity contribution < 1.29 is 14.3 Å². The third-order valence-corrected chi connectivity index (χ3v) is 3.39. The molecule has 2 aliphatic carbocycles. The van der Waals surface area contributed by atoms with Crippen LogP contribution in [0, 0.1) is 17.8 Å². The predicted molar refractivity (Wildman–Crippen MR) is 56.3 cm³/mol. The number of fused-ring (bicyclic) bond motifs is 2. The van der Waals surface area contributed by atoms with E-state index in [4.69, 9.17) is 9.47 Å². The van der Waals surface area contributed by atoms with Gasteiger partial charge in [-0.15, -0.1) is 0 Å². The maximum Gasteiger partial charge on any atom is 0.308 e. The smallest absolute Gasteiger partial charge is 0.308 e. The zero-order valence-electron chi connectivity index (χ0n) is 9.15. The van der Waals surface area contributed by atoms with Gasteiger partial charge >= 0.3 is 5.97 Å². The highest BCUT2D eigenvalue weighted by Gasteiger charge is 2.36. The zero-order valence-corrected chi connectivity index (χ0v) is 9.15. The summed E-state index contributed by atoms with van der Waals surface area (Å²) in [4.78, 5) is 11.2. The summed E-state index contributed by atoms with van der Waals surface area (Å²) in [5.41, 5.74) is 0. The lowest BCUT2D eigenvalue weighted by Crippen LogP contribution is -2.18. The van der Waals surface area contributed by atoms with E-state index in [0.717, 1.165) is 5.92 Å². The minimum Gasteiger partial charge on any atom is -0.465 e. The molecule has 0 N–H and O–H groups in total. The van der Waals surface area contributed by atoms with Gasteiger partial charge in [0.1, 0.15) is 0 Å². The lowest BCUT2D eigenvalue weighted by atomic mass is 9.95. The van der Waals surface area contributed by atoms with Crippen LogP contribution in [0.1, 0.15) is 19.3 Å². The average molecular weight is 210 g/mol. The fourth-order valence-electron chi connectivity index (χ4n) is 2.54. The molecule has 0 saturated heterocycles. The van der Waals surface area contributed by atoms with E-state index in [1.165, 1.54) is 12.8 Å². The van der Waals surface area contributed by atoms with Crippen LogP contribution in [-0.4, -0.2) is 26.3 Å². The van der Waals surface area contributed by atoms with Gasteiger partial charge in [-0.3, -0.25) is 4.79 Å². The first-order valence-electron chi connectivity index (χ1n) is 5.62. The average Bonchev–Trinajstić information content (AvgIpc) is 2.84. The van der Waals surface area contributed by atoms with Gasteiger partial charge < -0.3 is 9.47 Å². The van der Waals surface area contributed by atoms with Gasteiger partial charge in [0.2, 0.25) is 0 Å². The van der Waals surface area contributed by atoms with Crippen LogP contribution < -0.4 is 0 Å². The fraction of sp³-hybridized carbons (Fsp3) is 0.750. The minimum absolute atomic E-state index is 0.136. The van der Waals surface area contributed by atoms with E-state index in [1.807, 2.05) is 0 Å². The molecular formula is C12H18O3. The number of hydrogen-bond donors (Lipinski definition) is 0. The van der Waals surface area contributed by atoms with Crippen molar-refractivity contribution in [3.8, 4) is 0 Å². The van der Waals surface area contributed by atoms with E-state index in [1.54, 1.807) is 7.11 Å². The highest BCUT2D eigenvalue weighted by Crippen LogP contribution is 2.43. The van der Waals surface area contributed by atoms with Gasteiger partial charge in [-0.2, -0.15) is 0 Å². The summed E-state index contributed by atoms with van der Waals surface area (Å²) in [6, 6.07) is 0. The maximum atomic E-state index is 11.2. The summed E-state index contributed by atoms with van der Waals surface area (Å²) >= 11 is 0. The van der Waals surface area contributed by atoms with Crippen molar-refractivity contribution in [3.05, 3.63) is 12.2 Å². The van der Waals surface area contributed by atoms with Gasteiger partial charge in [-0.25, -0.2) is 0 Å². The second-order valence-corrected chi connectivity index (χ2v) is 4.47. The zero-order chi connectivity index (χ0) is 10.7. The van der Waals surface area contributed by atoms with Gasteiger partial charge in [0.05, 0.1) is 19.6 Å². The van der Waals surface area contributed by atoms with Crippen LogP contribution in [-0.2, 0) is 14.3 Å². The number of carbonyl (C=O) groups excluding carboxylic acids is 1. The Hall–Kier alpha value is -0.830. The van der Waals surface area contributed by atoms with E-state index in [9.17, 15) is 4.79 Å². The highest BCUT2D eigenvalue weighted by atomic mass is 16.5. The molecule has 0 amide bonds. The molecule has 0 aliphatic heterocycles. The minimum atomic E-state index is -0.136. The molecule has 3 heteroatoms. The first-order valence-corrected chi connectivity index (χ1v) is 5.62. The van der Waals surface area contributed by atoms with E-state index < -0.39 is 0 Å². The van der Waals surface area contributed by atoms with Crippen molar-refractivity contribution in [2.24, 2.45) is 17.8 Å². The quantitative estimate of drug-likeness (QED) is 0.512. The van der Waals surface area contributed by atoms with E-state index in [2.05, 4.69) is 12.2 Å². The third kappa shape index (κ3) is 2.59. The normalized spacial score (nSPS) is 32.2. The van der Waals surface area contributed by atoms with E-state index in [-0.39, 0.29) is 5.97 Å². The number of methoxy groups -OCH3 is 1. The van der Waals surface area contributed by atoms with Crippen LogP contribution in [0.3, 0.4) is 0 Å². The number of ether oxygens (including phenoxy) is 2. The summed E-state index contributed by atoms with van der Waals surface area (Å²) < 4.78 is 10.0. The Labute approximate surface area is 90.4 Å². The molecule has 0 aromatic heterocycles. The number of carbonyl (C=O) groups is 1. The molecule has 2 aliphatic rings. The molecule has 3 unspecified atom stereocenters. The molecule has 0 radical (unpaired) electrons. The molecule has 2 rings (SSSR count). The number of allylic oxidation sites excluding steroid dienone is 2. The van der Waals surface area contributed by atoms with Crippen LogP contribution in [0.25, 0.3) is 0 Å². The molecule has 1 saturated carbocycles. The van der Waals surface area contributed by atoms with Gasteiger partial charge in [0.25, 0.3) is 0 Å². The van der Waals surface area contributed by atoms with Crippen LogP contribution in [0.2, 0.25) is 0 Å². The Bertz CT molecular complexity index is 260. The Morgan fingerprint density at radius 2 is 2.27 bits per heavy atom. The second kappa shape index (κ2) is 4.79. The van der Waals surface area contributed by atoms with Gasteiger partial charge in [0.15, 0.2) is 0 Å². The molecule has 0 spiro atoms. The van der Waals surface area contributed by atoms with E-state index in [0.29, 0.717) is 31.5 Å². The topological polar surface area (TPSA) is 35.5 Å². The molecule has 15 heavy (non-hydrogen) atoms. The van der Waals surface area contributed by atoms with Crippen molar-refractivity contribution >= 4 is 5.97 Å². The molecule has 3 atom stereocenters. The molecular weight excluding hydrogens is 192 g/mol. The summed E-state index contributed by atoms with van der Waals surface area (Å²) in [6.07, 6.45) is 7.40. The molecule has 0 aromatic rings. The van der Waals surface area contributed by atoms with Crippen LogP contribution in [0.5, 0.6) is 0 Å². The third-order valence-electron chi connectivity index (χ3n) is 3.39. The monoisotopic (exact) mass is 210 g/mol. The lowest BCUT2D eigenvalue weighted by Gasteiger charge is -2.17. The summed E-state index contributed by atoms with van der Waals surface area (Å²) in [5, 5.41) is 0. The molecule has 1 fully saturated rings. The highest BCUT2D eigenvalue weighted by molar-refractivity contribution is 5.69. The molecule has 2 bridgehead atoms. The largest absolute Gasteiger partial charge is 0.465 e. The standard InChI is InChI=1S/C12H18O3/c1-14-5-4-12(13)15-8-11-7-9-2-3-10(11)6-9/h2-3,9-11H,4-8H2,1H3. The Morgan fingerprint density at radius 1 is 1.40 bits per heavy atom. The number of esters is 1. The molecule has 0 heterocycles. The molecule has 3 nitrogen and oxygen atoms in total. The maximum absolute atomic E-state index is 11.2.